The number of nitriles is 1. The Balaban J connectivity index is 2.65. The summed E-state index contributed by atoms with van der Waals surface area (Å²) < 4.78 is 1.23. The third-order valence-electron chi connectivity index (χ3n) is 2.21. The molecule has 0 saturated heterocycles. The highest BCUT2D eigenvalue weighted by Gasteiger charge is 2.14. The third kappa shape index (κ3) is 2.25. The van der Waals surface area contributed by atoms with Crippen molar-refractivity contribution >= 4 is 46.4 Å². The van der Waals surface area contributed by atoms with Crippen LogP contribution in [0, 0.1) is 11.5 Å². The fourth-order valence-corrected chi connectivity index (χ4v) is 2.09. The van der Waals surface area contributed by atoms with Crippen LogP contribution in [0.2, 0.25) is 20.2 Å². The lowest BCUT2D eigenvalue weighted by atomic mass is 10.1. The summed E-state index contributed by atoms with van der Waals surface area (Å²) in [6.07, 6.45) is 1.94. The highest BCUT2D eigenvalue weighted by molar-refractivity contribution is 6.43. The van der Waals surface area contributed by atoms with E-state index < -0.39 is 0 Å². The van der Waals surface area contributed by atoms with Crippen LogP contribution in [0.25, 0.3) is 11.3 Å². The zero-order chi connectivity index (χ0) is 12.6. The normalized spacial score (nSPS) is 10.3. The van der Waals surface area contributed by atoms with Gasteiger partial charge in [0.15, 0.2) is 6.19 Å². The second-order valence-corrected chi connectivity index (χ2v) is 4.81. The van der Waals surface area contributed by atoms with E-state index in [4.69, 9.17) is 51.7 Å². The molecule has 2 nitrogen and oxygen atoms in total. The van der Waals surface area contributed by atoms with Crippen molar-refractivity contribution in [3.8, 4) is 17.5 Å². The van der Waals surface area contributed by atoms with E-state index in [1.807, 2.05) is 6.19 Å². The second-order valence-electron chi connectivity index (χ2n) is 3.23. The van der Waals surface area contributed by atoms with Gasteiger partial charge in [-0.3, -0.25) is 0 Å². The summed E-state index contributed by atoms with van der Waals surface area (Å²) in [6, 6.07) is 6.65. The number of halogens is 4. The molecule has 86 valence electrons. The molecular formula is C11H4Cl4N2. The zero-order valence-corrected chi connectivity index (χ0v) is 11.2. The van der Waals surface area contributed by atoms with E-state index in [1.54, 1.807) is 24.3 Å². The molecule has 1 aromatic heterocycles. The van der Waals surface area contributed by atoms with Crippen molar-refractivity contribution in [1.29, 1.82) is 5.26 Å². The Labute approximate surface area is 118 Å². The van der Waals surface area contributed by atoms with Gasteiger partial charge in [0.2, 0.25) is 0 Å². The lowest BCUT2D eigenvalue weighted by Crippen LogP contribution is -1.91. The van der Waals surface area contributed by atoms with E-state index in [0.29, 0.717) is 20.8 Å². The number of rotatable bonds is 1. The van der Waals surface area contributed by atoms with Crippen molar-refractivity contribution in [3.05, 3.63) is 44.5 Å². The van der Waals surface area contributed by atoms with Crippen molar-refractivity contribution in [2.24, 2.45) is 0 Å². The Hall–Kier alpha value is -0.850. The molecule has 0 spiro atoms. The predicted molar refractivity (Wildman–Crippen MR) is 70.9 cm³/mol. The molecule has 17 heavy (non-hydrogen) atoms. The molecule has 2 rings (SSSR count). The Morgan fingerprint density at radius 2 is 1.65 bits per heavy atom. The van der Waals surface area contributed by atoms with E-state index in [1.165, 1.54) is 4.57 Å². The van der Waals surface area contributed by atoms with Gasteiger partial charge in [0, 0.05) is 5.56 Å². The van der Waals surface area contributed by atoms with Crippen LogP contribution in [0.15, 0.2) is 24.3 Å². The summed E-state index contributed by atoms with van der Waals surface area (Å²) in [7, 11) is 0. The minimum atomic E-state index is 0.176. The van der Waals surface area contributed by atoms with Crippen LogP contribution >= 0.6 is 46.4 Å². The average Bonchev–Trinajstić information content (AvgIpc) is 2.59. The fourth-order valence-electron chi connectivity index (χ4n) is 1.42. The summed E-state index contributed by atoms with van der Waals surface area (Å²) in [4.78, 5) is 0. The Bertz CT molecular complexity index is 625. The van der Waals surface area contributed by atoms with E-state index >= 15 is 0 Å². The lowest BCUT2D eigenvalue weighted by Gasteiger charge is -2.03. The molecule has 0 bridgehead atoms. The highest BCUT2D eigenvalue weighted by Crippen LogP contribution is 2.34. The average molecular weight is 306 g/mol. The largest absolute Gasteiger partial charge is 0.235 e. The van der Waals surface area contributed by atoms with Gasteiger partial charge in [-0.15, -0.1) is 0 Å². The number of aromatic nitrogens is 1. The molecule has 2 aromatic rings. The summed E-state index contributed by atoms with van der Waals surface area (Å²) in [5.74, 6) is 0. The first-order valence-corrected chi connectivity index (χ1v) is 5.98. The molecule has 0 saturated carbocycles. The molecule has 1 heterocycles. The standard InChI is InChI=1S/C11H4Cl4N2/c12-7-2-1-6(3-8(7)13)10-4-9(14)11(15)17(10)5-16/h1-4H. The molecule has 0 aliphatic carbocycles. The van der Waals surface area contributed by atoms with Crippen molar-refractivity contribution in [2.45, 2.75) is 0 Å². The van der Waals surface area contributed by atoms with Gasteiger partial charge in [-0.25, -0.2) is 4.57 Å². The Kier molecular flexibility index (Phi) is 3.56. The van der Waals surface area contributed by atoms with Gasteiger partial charge >= 0.3 is 0 Å². The minimum absolute atomic E-state index is 0.176. The van der Waals surface area contributed by atoms with Crippen molar-refractivity contribution in [1.82, 2.24) is 4.57 Å². The summed E-state index contributed by atoms with van der Waals surface area (Å²) in [5.41, 5.74) is 1.29. The summed E-state index contributed by atoms with van der Waals surface area (Å²) in [5, 5.41) is 10.4. The van der Waals surface area contributed by atoms with Crippen molar-refractivity contribution in [2.75, 3.05) is 0 Å². The van der Waals surface area contributed by atoms with Gasteiger partial charge in [-0.05, 0) is 18.2 Å². The molecule has 0 N–H and O–H groups in total. The number of hydrogen-bond acceptors (Lipinski definition) is 1. The third-order valence-corrected chi connectivity index (χ3v) is 3.71. The predicted octanol–water partition coefficient (Wildman–Crippen LogP) is 5.10. The van der Waals surface area contributed by atoms with E-state index in [2.05, 4.69) is 0 Å². The minimum Gasteiger partial charge on any atom is -0.235 e. The van der Waals surface area contributed by atoms with Gasteiger partial charge in [-0.1, -0.05) is 52.5 Å². The summed E-state index contributed by atoms with van der Waals surface area (Å²) >= 11 is 23.5. The van der Waals surface area contributed by atoms with Crippen LogP contribution in [0.1, 0.15) is 0 Å². The number of nitrogens with zero attached hydrogens (tertiary/aromatic N) is 2. The van der Waals surface area contributed by atoms with Gasteiger partial charge in [0.05, 0.1) is 20.8 Å². The monoisotopic (exact) mass is 304 g/mol. The highest BCUT2D eigenvalue weighted by atomic mass is 35.5. The van der Waals surface area contributed by atoms with E-state index in [-0.39, 0.29) is 5.15 Å². The van der Waals surface area contributed by atoms with Crippen LogP contribution in [0.3, 0.4) is 0 Å². The van der Waals surface area contributed by atoms with Crippen molar-refractivity contribution < 1.29 is 0 Å². The molecule has 0 fully saturated rings. The molecule has 0 aliphatic heterocycles. The molecule has 0 amide bonds. The van der Waals surface area contributed by atoms with Gasteiger partial charge < -0.3 is 0 Å². The lowest BCUT2D eigenvalue weighted by molar-refractivity contribution is 1.11. The Morgan fingerprint density at radius 3 is 2.24 bits per heavy atom. The van der Waals surface area contributed by atoms with Crippen LogP contribution in [0.5, 0.6) is 0 Å². The molecular weight excluding hydrogens is 302 g/mol. The number of hydrogen-bond donors (Lipinski definition) is 0. The first-order valence-electron chi connectivity index (χ1n) is 4.47. The summed E-state index contributed by atoms with van der Waals surface area (Å²) in [6.45, 7) is 0. The molecule has 0 unspecified atom stereocenters. The zero-order valence-electron chi connectivity index (χ0n) is 8.22. The van der Waals surface area contributed by atoms with E-state index in [0.717, 1.165) is 5.56 Å². The topological polar surface area (TPSA) is 28.7 Å². The van der Waals surface area contributed by atoms with E-state index in [9.17, 15) is 0 Å². The Morgan fingerprint density at radius 1 is 0.941 bits per heavy atom. The molecule has 6 heteroatoms. The van der Waals surface area contributed by atoms with Gasteiger partial charge in [0.25, 0.3) is 0 Å². The number of benzene rings is 1. The molecule has 1 aromatic carbocycles. The maximum Gasteiger partial charge on any atom is 0.190 e. The van der Waals surface area contributed by atoms with Crippen LogP contribution < -0.4 is 0 Å². The van der Waals surface area contributed by atoms with Crippen LogP contribution in [-0.4, -0.2) is 4.57 Å². The SMILES string of the molecule is N#Cn1c(-c2ccc(Cl)c(Cl)c2)cc(Cl)c1Cl. The van der Waals surface area contributed by atoms with Crippen LogP contribution in [-0.2, 0) is 0 Å². The van der Waals surface area contributed by atoms with Crippen LogP contribution in [0.4, 0.5) is 0 Å². The first kappa shape index (κ1) is 12.6. The first-order chi connectivity index (χ1) is 8.04. The maximum atomic E-state index is 9.01. The van der Waals surface area contributed by atoms with Gasteiger partial charge in [0.1, 0.15) is 5.15 Å². The second kappa shape index (κ2) is 4.80. The fraction of sp³-hybridized carbons (Fsp3) is 0. The molecule has 0 radical (unpaired) electrons. The van der Waals surface area contributed by atoms with Gasteiger partial charge in [-0.2, -0.15) is 5.26 Å². The smallest absolute Gasteiger partial charge is 0.190 e. The van der Waals surface area contributed by atoms with Crippen molar-refractivity contribution in [3.63, 3.8) is 0 Å². The quantitative estimate of drug-likeness (QED) is 0.720. The molecule has 0 atom stereocenters. The maximum absolute atomic E-state index is 9.01. The molecule has 0 aliphatic rings.